The van der Waals surface area contributed by atoms with Crippen LogP contribution in [-0.4, -0.2) is 21.0 Å². The molecule has 0 fully saturated rings. The molecular weight excluding hydrogens is 204 g/mol. The number of aromatic amines is 1. The summed E-state index contributed by atoms with van der Waals surface area (Å²) in [4.78, 5) is 6.91. The number of rotatable bonds is 1. The number of hydrogen-bond donors (Lipinski definition) is 3. The van der Waals surface area contributed by atoms with Gasteiger partial charge in [0.2, 0.25) is 0 Å². The summed E-state index contributed by atoms with van der Waals surface area (Å²) in [6.45, 7) is 0. The third-order valence-electron chi connectivity index (χ3n) is 1.88. The fourth-order valence-electron chi connectivity index (χ4n) is 1.21. The van der Waals surface area contributed by atoms with E-state index in [4.69, 9.17) is 22.5 Å². The molecule has 0 saturated carbocycles. The van der Waals surface area contributed by atoms with Crippen LogP contribution in [0.3, 0.4) is 0 Å². The van der Waals surface area contributed by atoms with Gasteiger partial charge in [0.15, 0.2) is 5.84 Å². The Morgan fingerprint density at radius 2 is 2.36 bits per heavy atom. The second-order valence-corrected chi connectivity index (χ2v) is 3.15. The standard InChI is InChI=1S/C8H7ClN4O/c9-5-1-4(8(10)13-14)2-6-7(5)12-3-11-6/h1-3,14H,(H2,10,13)(H,11,12). The number of hydrogen-bond acceptors (Lipinski definition) is 3. The summed E-state index contributed by atoms with van der Waals surface area (Å²) in [7, 11) is 0. The summed E-state index contributed by atoms with van der Waals surface area (Å²) < 4.78 is 0. The molecule has 0 bridgehead atoms. The lowest BCUT2D eigenvalue weighted by Gasteiger charge is -1.99. The van der Waals surface area contributed by atoms with E-state index in [1.54, 1.807) is 12.1 Å². The maximum Gasteiger partial charge on any atom is 0.170 e. The van der Waals surface area contributed by atoms with Crippen LogP contribution in [0.4, 0.5) is 0 Å². The topological polar surface area (TPSA) is 87.3 Å². The maximum atomic E-state index is 8.50. The van der Waals surface area contributed by atoms with E-state index in [2.05, 4.69) is 15.1 Å². The van der Waals surface area contributed by atoms with Crippen LogP contribution in [-0.2, 0) is 0 Å². The second kappa shape index (κ2) is 3.19. The van der Waals surface area contributed by atoms with Gasteiger partial charge in [-0.2, -0.15) is 0 Å². The maximum absolute atomic E-state index is 8.50. The average Bonchev–Trinajstić information content (AvgIpc) is 2.64. The number of benzene rings is 1. The first-order valence-corrected chi connectivity index (χ1v) is 4.20. The average molecular weight is 211 g/mol. The molecular formula is C8H7ClN4O. The lowest BCUT2D eigenvalue weighted by atomic mass is 10.2. The monoisotopic (exact) mass is 210 g/mol. The van der Waals surface area contributed by atoms with Crippen molar-refractivity contribution in [2.75, 3.05) is 0 Å². The smallest absolute Gasteiger partial charge is 0.170 e. The molecule has 1 heterocycles. The molecule has 2 rings (SSSR count). The van der Waals surface area contributed by atoms with Crippen LogP contribution in [0.5, 0.6) is 0 Å². The largest absolute Gasteiger partial charge is 0.409 e. The Morgan fingerprint density at radius 1 is 1.57 bits per heavy atom. The van der Waals surface area contributed by atoms with E-state index in [9.17, 15) is 0 Å². The first-order valence-electron chi connectivity index (χ1n) is 3.83. The van der Waals surface area contributed by atoms with Gasteiger partial charge in [-0.05, 0) is 12.1 Å². The van der Waals surface area contributed by atoms with E-state index >= 15 is 0 Å². The highest BCUT2D eigenvalue weighted by atomic mass is 35.5. The minimum Gasteiger partial charge on any atom is -0.409 e. The molecule has 0 radical (unpaired) electrons. The Bertz CT molecular complexity index is 505. The molecule has 1 aromatic carbocycles. The molecule has 0 amide bonds. The van der Waals surface area contributed by atoms with E-state index in [1.807, 2.05) is 0 Å². The van der Waals surface area contributed by atoms with Gasteiger partial charge in [0.25, 0.3) is 0 Å². The van der Waals surface area contributed by atoms with Crippen LogP contribution in [0.15, 0.2) is 23.6 Å². The molecule has 4 N–H and O–H groups in total. The number of imidazole rings is 1. The van der Waals surface area contributed by atoms with Gasteiger partial charge in [0.05, 0.1) is 16.9 Å². The summed E-state index contributed by atoms with van der Waals surface area (Å²) in [5, 5.41) is 11.9. The van der Waals surface area contributed by atoms with Crippen molar-refractivity contribution in [3.05, 3.63) is 29.0 Å². The Kier molecular flexibility index (Phi) is 2.01. The molecule has 0 aliphatic carbocycles. The van der Waals surface area contributed by atoms with Gasteiger partial charge in [0.1, 0.15) is 5.52 Å². The predicted molar refractivity (Wildman–Crippen MR) is 53.6 cm³/mol. The zero-order chi connectivity index (χ0) is 10.1. The van der Waals surface area contributed by atoms with Gasteiger partial charge in [0, 0.05) is 5.56 Å². The number of nitrogens with one attached hydrogen (secondary N) is 1. The molecule has 72 valence electrons. The van der Waals surface area contributed by atoms with Gasteiger partial charge in [-0.15, -0.1) is 0 Å². The number of aromatic nitrogens is 2. The molecule has 0 aliphatic heterocycles. The molecule has 14 heavy (non-hydrogen) atoms. The van der Waals surface area contributed by atoms with Crippen LogP contribution in [0.25, 0.3) is 11.0 Å². The molecule has 5 nitrogen and oxygen atoms in total. The molecule has 0 saturated heterocycles. The number of amidine groups is 1. The lowest BCUT2D eigenvalue weighted by Crippen LogP contribution is -2.12. The van der Waals surface area contributed by atoms with Gasteiger partial charge in [-0.3, -0.25) is 0 Å². The summed E-state index contributed by atoms with van der Waals surface area (Å²) in [5.41, 5.74) is 7.40. The zero-order valence-electron chi connectivity index (χ0n) is 7.03. The Labute approximate surface area is 84.2 Å². The van der Waals surface area contributed by atoms with Crippen molar-refractivity contribution in [3.8, 4) is 0 Å². The fourth-order valence-corrected chi connectivity index (χ4v) is 1.48. The SMILES string of the molecule is N/C(=N/O)c1cc(Cl)c2nc[nH]c2c1. The minimum absolute atomic E-state index is 0.0170. The van der Waals surface area contributed by atoms with Gasteiger partial charge >= 0.3 is 0 Å². The van der Waals surface area contributed by atoms with Crippen molar-refractivity contribution in [3.63, 3.8) is 0 Å². The first-order chi connectivity index (χ1) is 6.72. The van der Waals surface area contributed by atoms with Crippen molar-refractivity contribution < 1.29 is 5.21 Å². The summed E-state index contributed by atoms with van der Waals surface area (Å²) in [6, 6.07) is 3.31. The molecule has 6 heteroatoms. The number of halogens is 1. The highest BCUT2D eigenvalue weighted by Crippen LogP contribution is 2.22. The van der Waals surface area contributed by atoms with Gasteiger partial charge in [-0.25, -0.2) is 4.98 Å². The first kappa shape index (κ1) is 8.83. The highest BCUT2D eigenvalue weighted by molar-refractivity contribution is 6.35. The van der Waals surface area contributed by atoms with Crippen molar-refractivity contribution in [2.45, 2.75) is 0 Å². The van der Waals surface area contributed by atoms with Crippen molar-refractivity contribution >= 4 is 28.5 Å². The Morgan fingerprint density at radius 3 is 3.07 bits per heavy atom. The number of H-pyrrole nitrogens is 1. The molecule has 1 aromatic heterocycles. The third kappa shape index (κ3) is 1.27. The van der Waals surface area contributed by atoms with E-state index in [0.717, 1.165) is 5.52 Å². The van der Waals surface area contributed by atoms with Gasteiger partial charge < -0.3 is 15.9 Å². The predicted octanol–water partition coefficient (Wildman–Crippen LogP) is 1.31. The normalized spacial score (nSPS) is 12.2. The second-order valence-electron chi connectivity index (χ2n) is 2.74. The van der Waals surface area contributed by atoms with Crippen LogP contribution in [0.2, 0.25) is 5.02 Å². The van der Waals surface area contributed by atoms with E-state index in [1.165, 1.54) is 6.33 Å². The number of nitrogens with zero attached hydrogens (tertiary/aromatic N) is 2. The minimum atomic E-state index is 0.0170. The summed E-state index contributed by atoms with van der Waals surface area (Å²) >= 11 is 5.93. The molecule has 0 aliphatic rings. The molecule has 0 atom stereocenters. The molecule has 0 unspecified atom stereocenters. The quantitative estimate of drug-likeness (QED) is 0.287. The number of nitrogens with two attached hydrogens (primary N) is 1. The van der Waals surface area contributed by atoms with Crippen LogP contribution in [0.1, 0.15) is 5.56 Å². The third-order valence-corrected chi connectivity index (χ3v) is 2.17. The highest BCUT2D eigenvalue weighted by Gasteiger charge is 2.06. The van der Waals surface area contributed by atoms with Crippen LogP contribution < -0.4 is 5.73 Å². The van der Waals surface area contributed by atoms with E-state index in [-0.39, 0.29) is 5.84 Å². The van der Waals surface area contributed by atoms with Crippen molar-refractivity contribution in [1.29, 1.82) is 0 Å². The van der Waals surface area contributed by atoms with E-state index in [0.29, 0.717) is 16.1 Å². The van der Waals surface area contributed by atoms with Crippen LogP contribution in [0, 0.1) is 0 Å². The summed E-state index contributed by atoms with van der Waals surface area (Å²) in [5.74, 6) is 0.0170. The lowest BCUT2D eigenvalue weighted by molar-refractivity contribution is 0.318. The Balaban J connectivity index is 2.70. The number of fused-ring (bicyclic) bond motifs is 1. The molecule has 2 aromatic rings. The number of oxime groups is 1. The fraction of sp³-hybridized carbons (Fsp3) is 0. The zero-order valence-corrected chi connectivity index (χ0v) is 7.78. The molecule has 0 spiro atoms. The van der Waals surface area contributed by atoms with E-state index < -0.39 is 0 Å². The van der Waals surface area contributed by atoms with Gasteiger partial charge in [-0.1, -0.05) is 16.8 Å². The Hall–Kier alpha value is -1.75. The summed E-state index contributed by atoms with van der Waals surface area (Å²) in [6.07, 6.45) is 1.53. The van der Waals surface area contributed by atoms with Crippen LogP contribution >= 0.6 is 11.6 Å². The van der Waals surface area contributed by atoms with Crippen molar-refractivity contribution in [1.82, 2.24) is 9.97 Å². The van der Waals surface area contributed by atoms with Crippen molar-refractivity contribution in [2.24, 2.45) is 10.9 Å².